The highest BCUT2D eigenvalue weighted by atomic mass is 16.5. The number of morpholine rings is 1. The normalized spacial score (nSPS) is 42.0. The van der Waals surface area contributed by atoms with Crippen molar-refractivity contribution in [3.05, 3.63) is 29.8 Å². The van der Waals surface area contributed by atoms with Gasteiger partial charge in [-0.05, 0) is 93.2 Å². The maximum absolute atomic E-state index is 10.5. The van der Waals surface area contributed by atoms with E-state index in [-0.39, 0.29) is 12.2 Å². The third-order valence-corrected chi connectivity index (χ3v) is 8.09. The third kappa shape index (κ3) is 4.22. The molecular weight excluding hydrogens is 362 g/mol. The monoisotopic (exact) mass is 400 g/mol. The number of hydrogen-bond donors (Lipinski definition) is 2. The molecule has 4 aliphatic carbocycles. The van der Waals surface area contributed by atoms with Crippen molar-refractivity contribution in [3.63, 3.8) is 0 Å². The maximum Gasteiger partial charge on any atom is 0.137 e. The average Bonchev–Trinajstić information content (AvgIpc) is 2.65. The van der Waals surface area contributed by atoms with E-state index in [1.54, 1.807) is 0 Å². The molecule has 4 saturated carbocycles. The summed E-state index contributed by atoms with van der Waals surface area (Å²) >= 11 is 0. The van der Waals surface area contributed by atoms with E-state index in [0.29, 0.717) is 12.0 Å². The molecule has 5 fully saturated rings. The quantitative estimate of drug-likeness (QED) is 0.771. The topological polar surface area (TPSA) is 43.1 Å². The summed E-state index contributed by atoms with van der Waals surface area (Å²) < 4.78 is 11.7. The van der Waals surface area contributed by atoms with Crippen molar-refractivity contribution in [1.82, 2.24) is 0 Å². The second-order valence-electron chi connectivity index (χ2n) is 10.8. The fourth-order valence-electron chi connectivity index (χ4n) is 7.51. The lowest BCUT2D eigenvalue weighted by Crippen LogP contribution is -3.16. The van der Waals surface area contributed by atoms with Crippen LogP contribution in [0.1, 0.15) is 57.9 Å². The summed E-state index contributed by atoms with van der Waals surface area (Å²) in [4.78, 5) is 1.41. The highest BCUT2D eigenvalue weighted by molar-refractivity contribution is 5.34. The molecule has 0 radical (unpaired) electrons. The molecule has 1 saturated heterocycles. The van der Waals surface area contributed by atoms with Gasteiger partial charge in [-0.3, -0.25) is 0 Å². The second-order valence-corrected chi connectivity index (χ2v) is 10.8. The largest absolute Gasteiger partial charge is 0.491 e. The lowest BCUT2D eigenvalue weighted by atomic mass is 9.48. The molecule has 3 atom stereocenters. The first-order chi connectivity index (χ1) is 14.0. The van der Waals surface area contributed by atoms with Gasteiger partial charge in [0.1, 0.15) is 50.3 Å². The van der Waals surface area contributed by atoms with Gasteiger partial charge in [0.15, 0.2) is 0 Å². The summed E-state index contributed by atoms with van der Waals surface area (Å²) in [5.74, 6) is 3.80. The first kappa shape index (κ1) is 19.8. The first-order valence-corrected chi connectivity index (χ1v) is 11.9. The molecule has 2 N–H and O–H groups in total. The van der Waals surface area contributed by atoms with E-state index in [4.69, 9.17) is 9.47 Å². The smallest absolute Gasteiger partial charge is 0.137 e. The molecular formula is C25H38NO3+. The molecule has 1 aliphatic heterocycles. The first-order valence-electron chi connectivity index (χ1n) is 11.9. The summed E-state index contributed by atoms with van der Waals surface area (Å²) in [5, 5.41) is 10.5. The standard InChI is InChI=1S/C25H37NO3/c1-17-13-26(14-18(2)29-17)15-23(27)16-28-24-5-3-22(4-6-24)25-10-19-7-20(11-25)9-21(8-19)12-25/h3-6,17-21,23,27H,7-16H2,1-2H3/p+1/t17-,18-,19?,20?,21?,23+,25?/m1/s1. The zero-order valence-corrected chi connectivity index (χ0v) is 18.1. The molecule has 0 unspecified atom stereocenters. The summed E-state index contributed by atoms with van der Waals surface area (Å²) in [6.45, 7) is 7.24. The molecule has 4 heteroatoms. The Labute approximate surface area is 175 Å². The van der Waals surface area contributed by atoms with Crippen LogP contribution in [0.15, 0.2) is 24.3 Å². The van der Waals surface area contributed by atoms with Gasteiger partial charge in [0, 0.05) is 0 Å². The van der Waals surface area contributed by atoms with E-state index in [9.17, 15) is 5.11 Å². The van der Waals surface area contributed by atoms with Crippen molar-refractivity contribution in [1.29, 1.82) is 0 Å². The van der Waals surface area contributed by atoms with Gasteiger partial charge in [0.25, 0.3) is 0 Å². The summed E-state index contributed by atoms with van der Waals surface area (Å²) in [6, 6.07) is 8.88. The van der Waals surface area contributed by atoms with Crippen molar-refractivity contribution in [2.75, 3.05) is 26.2 Å². The van der Waals surface area contributed by atoms with Crippen LogP contribution in [0.5, 0.6) is 5.75 Å². The Bertz CT molecular complexity index is 657. The SMILES string of the molecule is C[C@@H]1C[NH+](C[C@H](O)COc2ccc(C34CC5CC(CC(C5)C3)C4)cc2)C[C@@H](C)O1. The summed E-state index contributed by atoms with van der Waals surface area (Å²) in [7, 11) is 0. The molecule has 29 heavy (non-hydrogen) atoms. The number of nitrogens with one attached hydrogen (secondary N) is 1. The van der Waals surface area contributed by atoms with Crippen molar-refractivity contribution in [2.45, 2.75) is 76.1 Å². The molecule has 1 aromatic carbocycles. The molecule has 1 aromatic rings. The van der Waals surface area contributed by atoms with E-state index < -0.39 is 6.10 Å². The van der Waals surface area contributed by atoms with Gasteiger partial charge in [-0.25, -0.2) is 0 Å². The number of aliphatic hydroxyl groups excluding tert-OH is 1. The lowest BCUT2D eigenvalue weighted by molar-refractivity contribution is -0.918. The van der Waals surface area contributed by atoms with Crippen molar-refractivity contribution in [3.8, 4) is 5.75 Å². The van der Waals surface area contributed by atoms with Crippen LogP contribution in [0.25, 0.3) is 0 Å². The zero-order chi connectivity index (χ0) is 20.0. The maximum atomic E-state index is 10.5. The van der Waals surface area contributed by atoms with Crippen LogP contribution in [0.3, 0.4) is 0 Å². The highest BCUT2D eigenvalue weighted by Crippen LogP contribution is 2.60. The number of aliphatic hydroxyl groups is 1. The number of rotatable bonds is 6. The molecule has 1 heterocycles. The van der Waals surface area contributed by atoms with Crippen LogP contribution in [-0.4, -0.2) is 49.7 Å². The molecule has 4 bridgehead atoms. The third-order valence-electron chi connectivity index (χ3n) is 8.09. The van der Waals surface area contributed by atoms with E-state index in [1.807, 2.05) is 0 Å². The van der Waals surface area contributed by atoms with E-state index in [0.717, 1.165) is 43.1 Å². The van der Waals surface area contributed by atoms with Gasteiger partial charge >= 0.3 is 0 Å². The lowest BCUT2D eigenvalue weighted by Gasteiger charge is -2.57. The number of hydrogen-bond acceptors (Lipinski definition) is 3. The van der Waals surface area contributed by atoms with Gasteiger partial charge in [0.05, 0.1) is 0 Å². The minimum absolute atomic E-state index is 0.263. The Kier molecular flexibility index (Phi) is 5.38. The average molecular weight is 401 g/mol. The Morgan fingerprint density at radius 3 is 2.10 bits per heavy atom. The van der Waals surface area contributed by atoms with E-state index in [1.165, 1.54) is 49.0 Å². The molecule has 0 amide bonds. The van der Waals surface area contributed by atoms with Gasteiger partial charge in [-0.2, -0.15) is 0 Å². The van der Waals surface area contributed by atoms with Crippen molar-refractivity contribution >= 4 is 0 Å². The van der Waals surface area contributed by atoms with E-state index >= 15 is 0 Å². The van der Waals surface area contributed by atoms with Gasteiger partial charge in [0.2, 0.25) is 0 Å². The number of ether oxygens (including phenoxy) is 2. The second kappa shape index (κ2) is 7.86. The Morgan fingerprint density at radius 1 is 1.00 bits per heavy atom. The molecule has 160 valence electrons. The fourth-order valence-corrected chi connectivity index (χ4v) is 7.51. The molecule has 6 rings (SSSR count). The predicted molar refractivity (Wildman–Crippen MR) is 113 cm³/mol. The van der Waals surface area contributed by atoms with Crippen LogP contribution in [-0.2, 0) is 10.2 Å². The highest BCUT2D eigenvalue weighted by Gasteiger charge is 2.51. The Balaban J connectivity index is 1.15. The number of quaternary nitrogens is 1. The minimum atomic E-state index is -0.440. The van der Waals surface area contributed by atoms with Crippen LogP contribution in [0.2, 0.25) is 0 Å². The van der Waals surface area contributed by atoms with E-state index in [2.05, 4.69) is 38.1 Å². The van der Waals surface area contributed by atoms with Gasteiger partial charge in [-0.15, -0.1) is 0 Å². The Hall–Kier alpha value is -1.10. The molecule has 5 aliphatic rings. The van der Waals surface area contributed by atoms with Crippen LogP contribution >= 0.6 is 0 Å². The van der Waals surface area contributed by atoms with Crippen LogP contribution in [0, 0.1) is 17.8 Å². The van der Waals surface area contributed by atoms with Crippen LogP contribution in [0.4, 0.5) is 0 Å². The summed E-state index contributed by atoms with van der Waals surface area (Å²) in [5.41, 5.74) is 1.98. The van der Waals surface area contributed by atoms with Gasteiger partial charge in [-0.1, -0.05) is 12.1 Å². The van der Waals surface area contributed by atoms with Crippen molar-refractivity contribution < 1.29 is 19.5 Å². The minimum Gasteiger partial charge on any atom is -0.491 e. The molecule has 4 nitrogen and oxygen atoms in total. The van der Waals surface area contributed by atoms with Crippen molar-refractivity contribution in [2.24, 2.45) is 17.8 Å². The summed E-state index contributed by atoms with van der Waals surface area (Å²) in [6.07, 6.45) is 8.75. The zero-order valence-electron chi connectivity index (χ0n) is 18.1. The Morgan fingerprint density at radius 2 is 1.55 bits per heavy atom. The van der Waals surface area contributed by atoms with Crippen LogP contribution < -0.4 is 9.64 Å². The van der Waals surface area contributed by atoms with Gasteiger partial charge < -0.3 is 19.5 Å². The molecule has 0 aromatic heterocycles. The number of benzene rings is 1. The predicted octanol–water partition coefficient (Wildman–Crippen LogP) is 2.59. The fraction of sp³-hybridized carbons (Fsp3) is 0.760. The molecule has 0 spiro atoms.